The highest BCUT2D eigenvalue weighted by atomic mass is 15.3. The maximum Gasteiger partial charge on any atom is 0.0955 e. The number of nitrogens with one attached hydrogen (secondary N) is 1. The molecule has 0 aliphatic carbocycles. The first-order valence-corrected chi connectivity index (χ1v) is 11.2. The van der Waals surface area contributed by atoms with Crippen molar-refractivity contribution in [3.05, 3.63) is 101 Å². The summed E-state index contributed by atoms with van der Waals surface area (Å²) in [6.07, 6.45) is 0. The van der Waals surface area contributed by atoms with Crippen LogP contribution < -0.4 is 5.32 Å². The van der Waals surface area contributed by atoms with Gasteiger partial charge in [0.1, 0.15) is 0 Å². The van der Waals surface area contributed by atoms with Crippen LogP contribution >= 0.6 is 0 Å². The highest BCUT2D eigenvalue weighted by Gasteiger charge is 2.28. The summed E-state index contributed by atoms with van der Waals surface area (Å²) in [5.74, 6) is 0. The van der Waals surface area contributed by atoms with Gasteiger partial charge in [0.15, 0.2) is 0 Å². The van der Waals surface area contributed by atoms with Gasteiger partial charge in [-0.05, 0) is 63.3 Å². The molecular weight excluding hydrogens is 390 g/mol. The predicted octanol–water partition coefficient (Wildman–Crippen LogP) is 7.45. The Kier molecular flexibility index (Phi) is 4.78. The Morgan fingerprint density at radius 2 is 1.38 bits per heavy atom. The number of benzene rings is 4. The summed E-state index contributed by atoms with van der Waals surface area (Å²) in [5.41, 5.74) is 7.89. The second-order valence-electron chi connectivity index (χ2n) is 9.30. The lowest BCUT2D eigenvalue weighted by Gasteiger charge is -2.28. The van der Waals surface area contributed by atoms with Crippen molar-refractivity contribution in [1.82, 2.24) is 9.78 Å². The summed E-state index contributed by atoms with van der Waals surface area (Å²) >= 11 is 0. The fourth-order valence-electron chi connectivity index (χ4n) is 4.85. The van der Waals surface area contributed by atoms with Crippen LogP contribution in [0.5, 0.6) is 0 Å². The molecule has 0 aliphatic rings. The van der Waals surface area contributed by atoms with Crippen LogP contribution in [0.2, 0.25) is 0 Å². The average molecular weight is 420 g/mol. The summed E-state index contributed by atoms with van der Waals surface area (Å²) in [6, 6.07) is 27.9. The average Bonchev–Trinajstić information content (AvgIpc) is 3.16. The molecule has 1 aromatic heterocycles. The fraction of sp³-hybridized carbons (Fsp3) is 0.207. The maximum atomic E-state index is 5.21. The standard InChI is InChI=1S/C29H29N3/c1-19-17-20(2)27(21(3)18-19)30-29(4,5)28-24-14-8-9-15-26(24)32(31-28)25-16-10-12-22-11-6-7-13-23(22)25/h6-18,30H,1-5H3. The second-order valence-corrected chi connectivity index (χ2v) is 9.30. The molecule has 0 radical (unpaired) electrons. The third-order valence-electron chi connectivity index (χ3n) is 6.29. The second kappa shape index (κ2) is 7.52. The Labute approximate surface area is 189 Å². The number of hydrogen-bond donors (Lipinski definition) is 1. The number of hydrogen-bond acceptors (Lipinski definition) is 2. The molecule has 0 atom stereocenters. The number of nitrogens with zero attached hydrogens (tertiary/aromatic N) is 2. The van der Waals surface area contributed by atoms with Gasteiger partial charge >= 0.3 is 0 Å². The van der Waals surface area contributed by atoms with Crippen LogP contribution in [-0.4, -0.2) is 9.78 Å². The number of aromatic nitrogens is 2. The highest BCUT2D eigenvalue weighted by Crippen LogP contribution is 2.35. The molecular formula is C29H29N3. The van der Waals surface area contributed by atoms with Crippen LogP contribution in [0.25, 0.3) is 27.4 Å². The van der Waals surface area contributed by atoms with Gasteiger partial charge in [-0.2, -0.15) is 5.10 Å². The number of aryl methyl sites for hydroxylation is 3. The lowest BCUT2D eigenvalue weighted by atomic mass is 9.95. The normalized spacial score (nSPS) is 11.9. The summed E-state index contributed by atoms with van der Waals surface area (Å²) in [4.78, 5) is 0. The van der Waals surface area contributed by atoms with E-state index in [0.29, 0.717) is 0 Å². The van der Waals surface area contributed by atoms with Gasteiger partial charge in [0.25, 0.3) is 0 Å². The van der Waals surface area contributed by atoms with Crippen LogP contribution in [-0.2, 0) is 5.54 Å². The molecule has 4 aromatic carbocycles. The van der Waals surface area contributed by atoms with Crippen molar-refractivity contribution >= 4 is 27.4 Å². The maximum absolute atomic E-state index is 5.21. The lowest BCUT2D eigenvalue weighted by Crippen LogP contribution is -2.30. The third-order valence-corrected chi connectivity index (χ3v) is 6.29. The topological polar surface area (TPSA) is 29.9 Å². The minimum atomic E-state index is -0.361. The predicted molar refractivity (Wildman–Crippen MR) is 136 cm³/mol. The first-order chi connectivity index (χ1) is 15.3. The monoisotopic (exact) mass is 419 g/mol. The van der Waals surface area contributed by atoms with Gasteiger partial charge in [-0.1, -0.05) is 72.3 Å². The van der Waals surface area contributed by atoms with E-state index in [0.717, 1.165) is 16.9 Å². The number of para-hydroxylation sites is 1. The summed E-state index contributed by atoms with van der Waals surface area (Å²) in [5, 5.41) is 12.6. The van der Waals surface area contributed by atoms with Crippen molar-refractivity contribution in [2.75, 3.05) is 5.32 Å². The smallest absolute Gasteiger partial charge is 0.0955 e. The molecule has 160 valence electrons. The number of fused-ring (bicyclic) bond motifs is 2. The van der Waals surface area contributed by atoms with Gasteiger partial charge in [0.05, 0.1) is 22.4 Å². The molecule has 0 bridgehead atoms. The van der Waals surface area contributed by atoms with E-state index >= 15 is 0 Å². The van der Waals surface area contributed by atoms with Gasteiger partial charge in [-0.15, -0.1) is 0 Å². The molecule has 3 heteroatoms. The molecule has 5 rings (SSSR count). The van der Waals surface area contributed by atoms with Crippen molar-refractivity contribution in [2.24, 2.45) is 0 Å². The molecule has 0 saturated heterocycles. The first kappa shape index (κ1) is 20.3. The Balaban J connectivity index is 1.69. The zero-order chi connectivity index (χ0) is 22.5. The Bertz CT molecular complexity index is 1430. The van der Waals surface area contributed by atoms with Gasteiger partial charge in [0, 0.05) is 16.5 Å². The van der Waals surface area contributed by atoms with E-state index in [1.165, 1.54) is 38.5 Å². The minimum Gasteiger partial charge on any atom is -0.374 e. The molecule has 0 unspecified atom stereocenters. The fourth-order valence-corrected chi connectivity index (χ4v) is 4.85. The van der Waals surface area contributed by atoms with E-state index < -0.39 is 0 Å². The molecule has 0 spiro atoms. The molecule has 0 saturated carbocycles. The number of rotatable bonds is 4. The van der Waals surface area contributed by atoms with E-state index in [1.54, 1.807) is 0 Å². The molecule has 0 amide bonds. The largest absolute Gasteiger partial charge is 0.374 e. The van der Waals surface area contributed by atoms with Gasteiger partial charge in [0.2, 0.25) is 0 Å². The van der Waals surface area contributed by atoms with Gasteiger partial charge in [-0.25, -0.2) is 4.68 Å². The Morgan fingerprint density at radius 3 is 2.12 bits per heavy atom. The molecule has 1 N–H and O–H groups in total. The number of anilines is 1. The van der Waals surface area contributed by atoms with E-state index in [4.69, 9.17) is 5.10 Å². The quantitative estimate of drug-likeness (QED) is 0.328. The van der Waals surface area contributed by atoms with E-state index in [-0.39, 0.29) is 5.54 Å². The van der Waals surface area contributed by atoms with E-state index in [9.17, 15) is 0 Å². The van der Waals surface area contributed by atoms with Crippen LogP contribution in [0.1, 0.15) is 36.2 Å². The van der Waals surface area contributed by atoms with Gasteiger partial charge < -0.3 is 5.32 Å². The first-order valence-electron chi connectivity index (χ1n) is 11.2. The van der Waals surface area contributed by atoms with Crippen LogP contribution in [0.15, 0.2) is 78.9 Å². The summed E-state index contributed by atoms with van der Waals surface area (Å²) in [6.45, 7) is 10.9. The van der Waals surface area contributed by atoms with Crippen LogP contribution in [0.3, 0.4) is 0 Å². The van der Waals surface area contributed by atoms with Crippen molar-refractivity contribution in [1.29, 1.82) is 0 Å². The lowest BCUT2D eigenvalue weighted by molar-refractivity contribution is 0.581. The van der Waals surface area contributed by atoms with Crippen LogP contribution in [0, 0.1) is 20.8 Å². The van der Waals surface area contributed by atoms with Gasteiger partial charge in [-0.3, -0.25) is 0 Å². The molecule has 1 heterocycles. The molecule has 5 aromatic rings. The molecule has 0 aliphatic heterocycles. The molecule has 0 fully saturated rings. The zero-order valence-electron chi connectivity index (χ0n) is 19.4. The SMILES string of the molecule is Cc1cc(C)c(NC(C)(C)c2nn(-c3cccc4ccccc34)c3ccccc23)c(C)c1. The minimum absolute atomic E-state index is 0.361. The van der Waals surface area contributed by atoms with Crippen molar-refractivity contribution < 1.29 is 0 Å². The molecule has 32 heavy (non-hydrogen) atoms. The van der Waals surface area contributed by atoms with Crippen molar-refractivity contribution in [3.8, 4) is 5.69 Å². The van der Waals surface area contributed by atoms with Crippen molar-refractivity contribution in [2.45, 2.75) is 40.2 Å². The Hall–Kier alpha value is -3.59. The van der Waals surface area contributed by atoms with E-state index in [2.05, 4.69) is 123 Å². The van der Waals surface area contributed by atoms with Crippen molar-refractivity contribution in [3.63, 3.8) is 0 Å². The summed E-state index contributed by atoms with van der Waals surface area (Å²) in [7, 11) is 0. The van der Waals surface area contributed by atoms with Crippen LogP contribution in [0.4, 0.5) is 5.69 Å². The Morgan fingerprint density at radius 1 is 0.750 bits per heavy atom. The molecule has 3 nitrogen and oxygen atoms in total. The summed E-state index contributed by atoms with van der Waals surface area (Å²) < 4.78 is 2.10. The zero-order valence-corrected chi connectivity index (χ0v) is 19.4. The highest BCUT2D eigenvalue weighted by molar-refractivity contribution is 5.93. The third kappa shape index (κ3) is 3.34. The van der Waals surface area contributed by atoms with E-state index in [1.807, 2.05) is 0 Å².